The monoisotopic (exact) mass is 388 g/mol. The maximum Gasteiger partial charge on any atom is 0.267 e. The zero-order valence-electron chi connectivity index (χ0n) is 16.0. The van der Waals surface area contributed by atoms with Gasteiger partial charge in [0.15, 0.2) is 5.60 Å². The van der Waals surface area contributed by atoms with Crippen LogP contribution in [-0.2, 0) is 4.79 Å². The summed E-state index contributed by atoms with van der Waals surface area (Å²) in [6.45, 7) is 7.26. The normalized spacial score (nSPS) is 12.2. The average Bonchev–Trinajstić information content (AvgIpc) is 2.63. The second kappa shape index (κ2) is 8.91. The van der Waals surface area contributed by atoms with Crippen LogP contribution in [0.1, 0.15) is 44.5 Å². The van der Waals surface area contributed by atoms with Crippen molar-refractivity contribution in [2.45, 2.75) is 45.8 Å². The molecule has 2 amide bonds. The minimum atomic E-state index is -1.14. The van der Waals surface area contributed by atoms with E-state index in [1.165, 1.54) is 0 Å². The Labute approximate surface area is 165 Å². The highest BCUT2D eigenvalue weighted by Crippen LogP contribution is 2.23. The fourth-order valence-corrected chi connectivity index (χ4v) is 2.44. The first kappa shape index (κ1) is 20.8. The molecule has 27 heavy (non-hydrogen) atoms. The average molecular weight is 389 g/mol. The third-order valence-corrected chi connectivity index (χ3v) is 4.40. The Morgan fingerprint density at radius 1 is 1.11 bits per heavy atom. The van der Waals surface area contributed by atoms with E-state index in [-0.39, 0.29) is 17.9 Å². The van der Waals surface area contributed by atoms with Gasteiger partial charge in [0.1, 0.15) is 5.75 Å². The highest BCUT2D eigenvalue weighted by Gasteiger charge is 2.31. The summed E-state index contributed by atoms with van der Waals surface area (Å²) in [6.07, 6.45) is 0.822. The standard InChI is InChI=1S/C21H25ClN2O3/c1-5-14(2)23-19(25)17-8-6-7-9-18(17)24-20(26)21(3,4)27-16-12-10-15(22)11-13-16/h6-14H,5H2,1-4H3,(H,23,25)(H,24,26)/t14-/m1/s1. The minimum Gasteiger partial charge on any atom is -0.478 e. The van der Waals surface area contributed by atoms with Crippen LogP contribution in [0.25, 0.3) is 0 Å². The summed E-state index contributed by atoms with van der Waals surface area (Å²) in [5.74, 6) is -0.0553. The number of nitrogens with one attached hydrogen (secondary N) is 2. The molecule has 0 fully saturated rings. The molecule has 2 rings (SSSR count). The van der Waals surface area contributed by atoms with E-state index >= 15 is 0 Å². The van der Waals surface area contributed by atoms with Crippen LogP contribution in [0.2, 0.25) is 5.02 Å². The number of halogens is 1. The lowest BCUT2D eigenvalue weighted by molar-refractivity contribution is -0.128. The lowest BCUT2D eigenvalue weighted by Crippen LogP contribution is -2.43. The number of carbonyl (C=O) groups is 2. The Kier molecular flexibility index (Phi) is 6.86. The summed E-state index contributed by atoms with van der Waals surface area (Å²) >= 11 is 5.87. The smallest absolute Gasteiger partial charge is 0.267 e. The molecule has 2 N–H and O–H groups in total. The molecule has 0 radical (unpaired) electrons. The lowest BCUT2D eigenvalue weighted by Gasteiger charge is -2.26. The van der Waals surface area contributed by atoms with E-state index in [0.29, 0.717) is 22.0 Å². The first-order valence-corrected chi connectivity index (χ1v) is 9.26. The molecular formula is C21H25ClN2O3. The summed E-state index contributed by atoms with van der Waals surface area (Å²) in [4.78, 5) is 25.2. The van der Waals surface area contributed by atoms with Gasteiger partial charge in [-0.1, -0.05) is 30.7 Å². The van der Waals surface area contributed by atoms with E-state index in [2.05, 4.69) is 10.6 Å². The molecule has 0 aliphatic carbocycles. The van der Waals surface area contributed by atoms with Crippen LogP contribution < -0.4 is 15.4 Å². The molecule has 0 unspecified atom stereocenters. The number of hydrogen-bond donors (Lipinski definition) is 2. The van der Waals surface area contributed by atoms with Gasteiger partial charge >= 0.3 is 0 Å². The number of anilines is 1. The second-order valence-electron chi connectivity index (χ2n) is 6.85. The first-order chi connectivity index (χ1) is 12.7. The predicted octanol–water partition coefficient (Wildman–Crippen LogP) is 4.66. The molecule has 0 aromatic heterocycles. The van der Waals surface area contributed by atoms with Gasteiger partial charge in [0.25, 0.3) is 11.8 Å². The molecule has 0 aliphatic rings. The third-order valence-electron chi connectivity index (χ3n) is 4.14. The first-order valence-electron chi connectivity index (χ1n) is 8.89. The Bertz CT molecular complexity index is 803. The molecule has 2 aromatic carbocycles. The maximum atomic E-state index is 12.8. The number of carbonyl (C=O) groups excluding carboxylic acids is 2. The quantitative estimate of drug-likeness (QED) is 0.724. The van der Waals surface area contributed by atoms with E-state index in [4.69, 9.17) is 16.3 Å². The Balaban J connectivity index is 2.14. The van der Waals surface area contributed by atoms with Gasteiger partial charge < -0.3 is 15.4 Å². The van der Waals surface area contributed by atoms with E-state index < -0.39 is 5.60 Å². The van der Waals surface area contributed by atoms with Crippen molar-refractivity contribution in [3.8, 4) is 5.75 Å². The molecule has 1 atom stereocenters. The van der Waals surface area contributed by atoms with Crippen molar-refractivity contribution in [1.29, 1.82) is 0 Å². The fourth-order valence-electron chi connectivity index (χ4n) is 2.31. The zero-order chi connectivity index (χ0) is 20.0. The van der Waals surface area contributed by atoms with Crippen LogP contribution in [0.3, 0.4) is 0 Å². The molecule has 0 aliphatic heterocycles. The highest BCUT2D eigenvalue weighted by atomic mass is 35.5. The molecule has 2 aromatic rings. The molecule has 6 heteroatoms. The van der Waals surface area contributed by atoms with Gasteiger partial charge in [-0.25, -0.2) is 0 Å². The van der Waals surface area contributed by atoms with Gasteiger partial charge in [-0.3, -0.25) is 9.59 Å². The molecule has 5 nitrogen and oxygen atoms in total. The zero-order valence-corrected chi connectivity index (χ0v) is 16.8. The molecule has 0 saturated heterocycles. The molecular weight excluding hydrogens is 364 g/mol. The third kappa shape index (κ3) is 5.73. The topological polar surface area (TPSA) is 67.4 Å². The maximum absolute atomic E-state index is 12.8. The van der Waals surface area contributed by atoms with E-state index in [1.807, 2.05) is 13.8 Å². The van der Waals surface area contributed by atoms with Gasteiger partial charge in [-0.2, -0.15) is 0 Å². The predicted molar refractivity (Wildman–Crippen MR) is 108 cm³/mol. The minimum absolute atomic E-state index is 0.0472. The number of rotatable bonds is 7. The number of benzene rings is 2. The molecule has 0 heterocycles. The lowest BCUT2D eigenvalue weighted by atomic mass is 10.1. The largest absolute Gasteiger partial charge is 0.478 e. The molecule has 144 valence electrons. The van der Waals surface area contributed by atoms with Gasteiger partial charge in [0.05, 0.1) is 11.3 Å². The SMILES string of the molecule is CC[C@@H](C)NC(=O)c1ccccc1NC(=O)C(C)(C)Oc1ccc(Cl)cc1. The van der Waals surface area contributed by atoms with Crippen molar-refractivity contribution in [3.05, 3.63) is 59.1 Å². The highest BCUT2D eigenvalue weighted by molar-refractivity contribution is 6.30. The van der Waals surface area contributed by atoms with E-state index in [0.717, 1.165) is 6.42 Å². The Morgan fingerprint density at radius 3 is 2.37 bits per heavy atom. The van der Waals surface area contributed by atoms with Crippen molar-refractivity contribution >= 4 is 29.1 Å². The molecule has 0 saturated carbocycles. The Morgan fingerprint density at radius 2 is 1.74 bits per heavy atom. The van der Waals surface area contributed by atoms with Gasteiger partial charge in [0.2, 0.25) is 0 Å². The van der Waals surface area contributed by atoms with Crippen molar-refractivity contribution in [3.63, 3.8) is 0 Å². The number of amides is 2. The van der Waals surface area contributed by atoms with Crippen LogP contribution in [0.15, 0.2) is 48.5 Å². The Hall–Kier alpha value is -2.53. The van der Waals surface area contributed by atoms with Gasteiger partial charge in [-0.15, -0.1) is 0 Å². The van der Waals surface area contributed by atoms with Crippen LogP contribution in [0.5, 0.6) is 5.75 Å². The van der Waals surface area contributed by atoms with Crippen LogP contribution in [0.4, 0.5) is 5.69 Å². The fraction of sp³-hybridized carbons (Fsp3) is 0.333. The van der Waals surface area contributed by atoms with E-state index in [9.17, 15) is 9.59 Å². The number of para-hydroxylation sites is 1. The van der Waals surface area contributed by atoms with Crippen molar-refractivity contribution < 1.29 is 14.3 Å². The number of hydrogen-bond acceptors (Lipinski definition) is 3. The van der Waals surface area contributed by atoms with E-state index in [1.54, 1.807) is 62.4 Å². The van der Waals surface area contributed by atoms with Crippen molar-refractivity contribution in [2.75, 3.05) is 5.32 Å². The van der Waals surface area contributed by atoms with Crippen molar-refractivity contribution in [2.24, 2.45) is 0 Å². The number of ether oxygens (including phenoxy) is 1. The van der Waals surface area contributed by atoms with Crippen LogP contribution in [-0.4, -0.2) is 23.5 Å². The second-order valence-corrected chi connectivity index (χ2v) is 7.29. The van der Waals surface area contributed by atoms with Crippen LogP contribution >= 0.6 is 11.6 Å². The summed E-state index contributed by atoms with van der Waals surface area (Å²) < 4.78 is 5.80. The summed E-state index contributed by atoms with van der Waals surface area (Å²) in [7, 11) is 0. The summed E-state index contributed by atoms with van der Waals surface area (Å²) in [5.41, 5.74) is -0.293. The van der Waals surface area contributed by atoms with Crippen LogP contribution in [0, 0.1) is 0 Å². The summed E-state index contributed by atoms with van der Waals surface area (Å²) in [6, 6.07) is 13.7. The van der Waals surface area contributed by atoms with Gasteiger partial charge in [-0.05, 0) is 63.6 Å². The van der Waals surface area contributed by atoms with Crippen molar-refractivity contribution in [1.82, 2.24) is 5.32 Å². The molecule has 0 bridgehead atoms. The van der Waals surface area contributed by atoms with Gasteiger partial charge in [0, 0.05) is 11.1 Å². The molecule has 0 spiro atoms. The summed E-state index contributed by atoms with van der Waals surface area (Å²) in [5, 5.41) is 6.30.